The number of benzene rings is 1. The van der Waals surface area contributed by atoms with Gasteiger partial charge in [-0.1, -0.05) is 22.0 Å². The van der Waals surface area contributed by atoms with Crippen molar-refractivity contribution in [2.24, 2.45) is 0 Å². The van der Waals surface area contributed by atoms with Gasteiger partial charge in [0.1, 0.15) is 0 Å². The molecule has 0 saturated heterocycles. The highest BCUT2D eigenvalue weighted by Crippen LogP contribution is 2.27. The minimum Gasteiger partial charge on any atom is -0.341 e. The van der Waals surface area contributed by atoms with E-state index >= 15 is 0 Å². The Morgan fingerprint density at radius 2 is 2.07 bits per heavy atom. The Balaban J connectivity index is 2.76. The third-order valence-corrected chi connectivity index (χ3v) is 3.38. The molecule has 0 aliphatic carbocycles. The molecule has 0 spiro atoms. The Hall–Kier alpha value is -0.410. The van der Waals surface area contributed by atoms with E-state index in [2.05, 4.69) is 71.2 Å². The molecule has 1 aromatic heterocycles. The van der Waals surface area contributed by atoms with E-state index < -0.39 is 0 Å². The van der Waals surface area contributed by atoms with Gasteiger partial charge in [0.25, 0.3) is 0 Å². The van der Waals surface area contributed by atoms with E-state index in [0.29, 0.717) is 6.04 Å². The van der Waals surface area contributed by atoms with Crippen LogP contribution in [0.1, 0.15) is 25.6 Å². The number of aromatic nitrogens is 1. The predicted molar refractivity (Wildman–Crippen MR) is 72.7 cm³/mol. The fraction of sp³-hybridized carbons (Fsp3) is 0.333. The van der Waals surface area contributed by atoms with Crippen LogP contribution in [0.4, 0.5) is 0 Å². The van der Waals surface area contributed by atoms with Crippen molar-refractivity contribution in [1.29, 1.82) is 0 Å². The van der Waals surface area contributed by atoms with Gasteiger partial charge in [-0.25, -0.2) is 0 Å². The first-order chi connectivity index (χ1) is 7.13. The molecule has 1 heterocycles. The van der Waals surface area contributed by atoms with Gasteiger partial charge in [-0.05, 0) is 37.4 Å². The molecule has 3 heteroatoms. The summed E-state index contributed by atoms with van der Waals surface area (Å²) < 4.78 is 3.47. The van der Waals surface area contributed by atoms with Crippen LogP contribution in [0, 0.1) is 0 Å². The highest BCUT2D eigenvalue weighted by atomic mass is 79.9. The Morgan fingerprint density at radius 1 is 1.33 bits per heavy atom. The lowest BCUT2D eigenvalue weighted by molar-refractivity contribution is 0.606. The molecule has 0 fully saturated rings. The third kappa shape index (κ3) is 1.95. The second kappa shape index (κ2) is 4.22. The lowest BCUT2D eigenvalue weighted by Gasteiger charge is -2.13. The van der Waals surface area contributed by atoms with Gasteiger partial charge >= 0.3 is 0 Å². The van der Waals surface area contributed by atoms with Crippen molar-refractivity contribution in [2.45, 2.75) is 25.6 Å². The zero-order chi connectivity index (χ0) is 11.0. The molecular weight excluding hydrogens is 270 g/mol. The highest BCUT2D eigenvalue weighted by molar-refractivity contribution is 9.10. The lowest BCUT2D eigenvalue weighted by Crippen LogP contribution is -2.03. The van der Waals surface area contributed by atoms with Crippen molar-refractivity contribution in [2.75, 3.05) is 0 Å². The van der Waals surface area contributed by atoms with Gasteiger partial charge in [-0.3, -0.25) is 0 Å². The predicted octanol–water partition coefficient (Wildman–Crippen LogP) is 4.41. The average Bonchev–Trinajstić information content (AvgIpc) is 2.55. The fourth-order valence-corrected chi connectivity index (χ4v) is 2.58. The maximum Gasteiger partial charge on any atom is 0.0496 e. The normalized spacial score (nSPS) is 11.5. The number of fused-ring (bicyclic) bond motifs is 1. The molecule has 0 amide bonds. The van der Waals surface area contributed by atoms with Crippen LogP contribution in [0.25, 0.3) is 10.9 Å². The van der Waals surface area contributed by atoms with Crippen molar-refractivity contribution in [3.63, 3.8) is 0 Å². The lowest BCUT2D eigenvalue weighted by atomic mass is 10.2. The average molecular weight is 284 g/mol. The van der Waals surface area contributed by atoms with Gasteiger partial charge in [0.2, 0.25) is 0 Å². The molecule has 0 unspecified atom stereocenters. The Morgan fingerprint density at radius 3 is 2.67 bits per heavy atom. The SMILES string of the molecule is CC(C)n1c(CS)cc2ccc(Br)cc21. The first kappa shape index (κ1) is 11.1. The fourth-order valence-electron chi connectivity index (χ4n) is 1.98. The van der Waals surface area contributed by atoms with Crippen molar-refractivity contribution < 1.29 is 0 Å². The number of halogens is 1. The summed E-state index contributed by atoms with van der Waals surface area (Å²) in [4.78, 5) is 0. The standard InChI is InChI=1S/C12H14BrNS/c1-8(2)14-11(7-15)5-9-3-4-10(13)6-12(9)14/h3-6,8,15H,7H2,1-2H3. The van der Waals surface area contributed by atoms with Crippen LogP contribution >= 0.6 is 28.6 Å². The van der Waals surface area contributed by atoms with E-state index in [1.807, 2.05) is 0 Å². The molecule has 0 saturated carbocycles. The van der Waals surface area contributed by atoms with Gasteiger partial charge < -0.3 is 4.57 Å². The molecule has 2 rings (SSSR count). The van der Waals surface area contributed by atoms with Gasteiger partial charge in [0.15, 0.2) is 0 Å². The van der Waals surface area contributed by atoms with Crippen molar-refractivity contribution in [1.82, 2.24) is 4.57 Å². The summed E-state index contributed by atoms with van der Waals surface area (Å²) in [7, 11) is 0. The van der Waals surface area contributed by atoms with Crippen LogP contribution in [-0.2, 0) is 5.75 Å². The summed E-state index contributed by atoms with van der Waals surface area (Å²) in [6, 6.07) is 9.08. The van der Waals surface area contributed by atoms with E-state index in [0.717, 1.165) is 10.2 Å². The smallest absolute Gasteiger partial charge is 0.0496 e. The maximum absolute atomic E-state index is 4.38. The van der Waals surface area contributed by atoms with E-state index in [4.69, 9.17) is 0 Å². The number of nitrogens with zero attached hydrogens (tertiary/aromatic N) is 1. The third-order valence-electron chi connectivity index (χ3n) is 2.56. The quantitative estimate of drug-likeness (QED) is 0.779. The first-order valence-electron chi connectivity index (χ1n) is 5.03. The van der Waals surface area contributed by atoms with Gasteiger partial charge in [0.05, 0.1) is 0 Å². The van der Waals surface area contributed by atoms with Crippen LogP contribution in [0.3, 0.4) is 0 Å². The molecule has 0 N–H and O–H groups in total. The number of hydrogen-bond donors (Lipinski definition) is 1. The van der Waals surface area contributed by atoms with Crippen LogP contribution in [-0.4, -0.2) is 4.57 Å². The Labute approximate surface area is 104 Å². The molecule has 15 heavy (non-hydrogen) atoms. The summed E-state index contributed by atoms with van der Waals surface area (Å²) in [6.45, 7) is 4.40. The van der Waals surface area contributed by atoms with E-state index in [9.17, 15) is 0 Å². The number of thiol groups is 1. The zero-order valence-electron chi connectivity index (χ0n) is 8.87. The van der Waals surface area contributed by atoms with Crippen LogP contribution in [0.2, 0.25) is 0 Å². The molecule has 0 aliphatic heterocycles. The Kier molecular flexibility index (Phi) is 3.12. The summed E-state index contributed by atoms with van der Waals surface area (Å²) in [5.41, 5.74) is 2.56. The molecule has 1 nitrogen and oxygen atoms in total. The highest BCUT2D eigenvalue weighted by Gasteiger charge is 2.10. The molecule has 0 bridgehead atoms. The topological polar surface area (TPSA) is 4.93 Å². The van der Waals surface area contributed by atoms with E-state index in [1.54, 1.807) is 0 Å². The first-order valence-corrected chi connectivity index (χ1v) is 6.46. The van der Waals surface area contributed by atoms with Gasteiger partial charge in [-0.15, -0.1) is 0 Å². The van der Waals surface area contributed by atoms with Gasteiger partial charge in [-0.2, -0.15) is 12.6 Å². The molecule has 2 aromatic rings. The van der Waals surface area contributed by atoms with Gasteiger partial charge in [0, 0.05) is 27.5 Å². The number of hydrogen-bond acceptors (Lipinski definition) is 1. The monoisotopic (exact) mass is 283 g/mol. The van der Waals surface area contributed by atoms with E-state index in [-0.39, 0.29) is 0 Å². The Bertz CT molecular complexity index is 488. The van der Waals surface area contributed by atoms with Crippen LogP contribution < -0.4 is 0 Å². The largest absolute Gasteiger partial charge is 0.341 e. The molecular formula is C12H14BrNS. The van der Waals surface area contributed by atoms with Crippen molar-refractivity contribution >= 4 is 39.5 Å². The van der Waals surface area contributed by atoms with E-state index in [1.165, 1.54) is 16.6 Å². The zero-order valence-corrected chi connectivity index (χ0v) is 11.3. The second-order valence-corrected chi connectivity index (χ2v) is 5.19. The summed E-state index contributed by atoms with van der Waals surface area (Å²) in [6.07, 6.45) is 0. The molecule has 80 valence electrons. The number of rotatable bonds is 2. The summed E-state index contributed by atoms with van der Waals surface area (Å²) in [5, 5.41) is 1.29. The second-order valence-electron chi connectivity index (χ2n) is 3.96. The maximum atomic E-state index is 4.38. The molecule has 1 aromatic carbocycles. The van der Waals surface area contributed by atoms with Crippen molar-refractivity contribution in [3.05, 3.63) is 34.4 Å². The molecule has 0 atom stereocenters. The molecule has 0 radical (unpaired) electrons. The van der Waals surface area contributed by atoms with Crippen LogP contribution in [0.15, 0.2) is 28.7 Å². The minimum absolute atomic E-state index is 0.471. The molecule has 0 aliphatic rings. The summed E-state index contributed by atoms with van der Waals surface area (Å²) in [5.74, 6) is 0.782. The van der Waals surface area contributed by atoms with Crippen LogP contribution in [0.5, 0.6) is 0 Å². The minimum atomic E-state index is 0.471. The van der Waals surface area contributed by atoms with Crippen molar-refractivity contribution in [3.8, 4) is 0 Å². The summed E-state index contributed by atoms with van der Waals surface area (Å²) >= 11 is 7.89.